The third-order valence-electron chi connectivity index (χ3n) is 3.74. The predicted molar refractivity (Wildman–Crippen MR) is 84.4 cm³/mol. The van der Waals surface area contributed by atoms with Crippen LogP contribution in [0.5, 0.6) is 0 Å². The molecule has 7 heteroatoms. The van der Waals surface area contributed by atoms with Crippen molar-refractivity contribution in [1.82, 2.24) is 10.2 Å². The van der Waals surface area contributed by atoms with Gasteiger partial charge in [-0.05, 0) is 32.4 Å². The summed E-state index contributed by atoms with van der Waals surface area (Å²) in [6, 6.07) is 3.10. The number of aliphatic hydroxyl groups is 1. The highest BCUT2D eigenvalue weighted by Gasteiger charge is 2.27. The van der Waals surface area contributed by atoms with Gasteiger partial charge in [0.1, 0.15) is 11.6 Å². The van der Waals surface area contributed by atoms with Crippen molar-refractivity contribution in [1.29, 1.82) is 0 Å². The van der Waals surface area contributed by atoms with Crippen molar-refractivity contribution < 1.29 is 18.7 Å². The molecule has 1 heterocycles. The lowest BCUT2D eigenvalue weighted by Gasteiger charge is -2.27. The van der Waals surface area contributed by atoms with Crippen molar-refractivity contribution in [2.45, 2.75) is 31.9 Å². The van der Waals surface area contributed by atoms with Crippen molar-refractivity contribution in [3.05, 3.63) is 29.8 Å². The fourth-order valence-electron chi connectivity index (χ4n) is 2.77. The van der Waals surface area contributed by atoms with E-state index < -0.39 is 17.2 Å². The van der Waals surface area contributed by atoms with Crippen LogP contribution >= 0.6 is 0 Å². The zero-order valence-electron chi connectivity index (χ0n) is 13.6. The molecule has 1 aliphatic heterocycles. The average Bonchev–Trinajstić information content (AvgIpc) is 2.84. The van der Waals surface area contributed by atoms with Crippen LogP contribution in [0.3, 0.4) is 0 Å². The molecule has 1 aromatic carbocycles. The zero-order chi connectivity index (χ0) is 17.2. The molecule has 23 heavy (non-hydrogen) atoms. The highest BCUT2D eigenvalue weighted by Crippen LogP contribution is 2.24. The number of rotatable bonds is 4. The van der Waals surface area contributed by atoms with E-state index in [0.717, 1.165) is 6.07 Å². The number of hydrogen-bond donors (Lipinski definition) is 2. The van der Waals surface area contributed by atoms with Crippen LogP contribution in [0.2, 0.25) is 0 Å². The average molecular weight is 327 g/mol. The first-order chi connectivity index (χ1) is 10.7. The van der Waals surface area contributed by atoms with Crippen molar-refractivity contribution in [2.24, 2.45) is 0 Å². The summed E-state index contributed by atoms with van der Waals surface area (Å²) >= 11 is 0. The quantitative estimate of drug-likeness (QED) is 0.889. The van der Waals surface area contributed by atoms with E-state index in [1.165, 1.54) is 17.0 Å². The Bertz CT molecular complexity index is 575. The van der Waals surface area contributed by atoms with Crippen LogP contribution < -0.4 is 10.2 Å². The number of carbonyl (C=O) groups excluding carboxylic acids is 1. The second kappa shape index (κ2) is 6.70. The standard InChI is InChI=1S/C16H23F2N3O2/c1-16(2,23)10-20(3)15(22)19-12-6-7-21(9-12)14-5-4-11(17)8-13(14)18/h4-5,8,12,23H,6-7,9-10H2,1-3H3,(H,19,22). The number of urea groups is 1. The monoisotopic (exact) mass is 327 g/mol. The van der Waals surface area contributed by atoms with Crippen LogP contribution in [0, 0.1) is 11.6 Å². The van der Waals surface area contributed by atoms with Gasteiger partial charge in [0.2, 0.25) is 0 Å². The molecule has 128 valence electrons. The van der Waals surface area contributed by atoms with Gasteiger partial charge in [0.05, 0.1) is 17.8 Å². The SMILES string of the molecule is CN(CC(C)(C)O)C(=O)NC1CCN(c2ccc(F)cc2F)C1. The fourth-order valence-corrected chi connectivity index (χ4v) is 2.77. The Balaban J connectivity index is 1.91. The van der Waals surface area contributed by atoms with Gasteiger partial charge in [0.25, 0.3) is 0 Å². The maximum Gasteiger partial charge on any atom is 0.317 e. The molecule has 2 N–H and O–H groups in total. The highest BCUT2D eigenvalue weighted by molar-refractivity contribution is 5.74. The van der Waals surface area contributed by atoms with Crippen molar-refractivity contribution >= 4 is 11.7 Å². The van der Waals surface area contributed by atoms with Crippen LogP contribution in [0.1, 0.15) is 20.3 Å². The summed E-state index contributed by atoms with van der Waals surface area (Å²) in [5.74, 6) is -1.21. The number of likely N-dealkylation sites (N-methyl/N-ethyl adjacent to an activating group) is 1. The molecule has 1 aromatic rings. The topological polar surface area (TPSA) is 55.8 Å². The zero-order valence-corrected chi connectivity index (χ0v) is 13.6. The minimum atomic E-state index is -0.967. The molecule has 0 bridgehead atoms. The lowest BCUT2D eigenvalue weighted by molar-refractivity contribution is 0.0528. The van der Waals surface area contributed by atoms with E-state index in [0.29, 0.717) is 25.2 Å². The van der Waals surface area contributed by atoms with Crippen molar-refractivity contribution in [3.8, 4) is 0 Å². The number of nitrogens with one attached hydrogen (secondary N) is 1. The van der Waals surface area contributed by atoms with Gasteiger partial charge in [-0.1, -0.05) is 0 Å². The molecule has 1 atom stereocenters. The first-order valence-corrected chi connectivity index (χ1v) is 7.60. The van der Waals surface area contributed by atoms with E-state index >= 15 is 0 Å². The normalized spacial score (nSPS) is 18.2. The molecular weight excluding hydrogens is 304 g/mol. The van der Waals surface area contributed by atoms with Crippen LogP contribution in [0.25, 0.3) is 0 Å². The van der Waals surface area contributed by atoms with Gasteiger partial charge in [-0.3, -0.25) is 0 Å². The largest absolute Gasteiger partial charge is 0.389 e. The van der Waals surface area contributed by atoms with E-state index in [1.807, 2.05) is 0 Å². The van der Waals surface area contributed by atoms with Gasteiger partial charge >= 0.3 is 6.03 Å². The third kappa shape index (κ3) is 4.79. The van der Waals surface area contributed by atoms with Crippen LogP contribution in [-0.4, -0.2) is 54.4 Å². The summed E-state index contributed by atoms with van der Waals surface area (Å²) in [5.41, 5.74) is -0.626. The maximum absolute atomic E-state index is 13.8. The molecule has 1 aliphatic rings. The van der Waals surface area contributed by atoms with Crippen LogP contribution in [-0.2, 0) is 0 Å². The van der Waals surface area contributed by atoms with Gasteiger partial charge < -0.3 is 20.2 Å². The maximum atomic E-state index is 13.8. The Morgan fingerprint density at radius 3 is 2.78 bits per heavy atom. The molecule has 2 amide bonds. The molecule has 0 spiro atoms. The lowest BCUT2D eigenvalue weighted by atomic mass is 10.1. The van der Waals surface area contributed by atoms with Gasteiger partial charge in [0.15, 0.2) is 0 Å². The molecule has 0 saturated carbocycles. The summed E-state index contributed by atoms with van der Waals surface area (Å²) < 4.78 is 26.8. The van der Waals surface area contributed by atoms with Gasteiger partial charge in [-0.2, -0.15) is 0 Å². The van der Waals surface area contributed by atoms with E-state index in [9.17, 15) is 18.7 Å². The predicted octanol–water partition coefficient (Wildman–Crippen LogP) is 1.96. The number of benzene rings is 1. The summed E-state index contributed by atoms with van der Waals surface area (Å²) in [7, 11) is 1.61. The Kier molecular flexibility index (Phi) is 5.09. The first-order valence-electron chi connectivity index (χ1n) is 7.60. The van der Waals surface area contributed by atoms with E-state index in [-0.39, 0.29) is 18.6 Å². The van der Waals surface area contributed by atoms with Gasteiger partial charge in [-0.15, -0.1) is 0 Å². The van der Waals surface area contributed by atoms with E-state index in [1.54, 1.807) is 25.8 Å². The smallest absolute Gasteiger partial charge is 0.317 e. The molecule has 1 saturated heterocycles. The van der Waals surface area contributed by atoms with Gasteiger partial charge in [0, 0.05) is 32.2 Å². The highest BCUT2D eigenvalue weighted by atomic mass is 19.1. The Morgan fingerprint density at radius 1 is 1.48 bits per heavy atom. The second-order valence-electron chi connectivity index (χ2n) is 6.65. The molecule has 0 radical (unpaired) electrons. The number of carbonyl (C=O) groups is 1. The molecule has 2 rings (SSSR count). The molecule has 5 nitrogen and oxygen atoms in total. The minimum absolute atomic E-state index is 0.115. The Labute approximate surface area is 134 Å². The molecule has 1 fully saturated rings. The van der Waals surface area contributed by atoms with E-state index in [4.69, 9.17) is 0 Å². The van der Waals surface area contributed by atoms with Crippen molar-refractivity contribution in [2.75, 3.05) is 31.6 Å². The fraction of sp³-hybridized carbons (Fsp3) is 0.562. The summed E-state index contributed by atoms with van der Waals surface area (Å²) in [6.45, 7) is 4.52. The van der Waals surface area contributed by atoms with Crippen molar-refractivity contribution in [3.63, 3.8) is 0 Å². The lowest BCUT2D eigenvalue weighted by Crippen LogP contribution is -2.48. The minimum Gasteiger partial charge on any atom is -0.389 e. The number of anilines is 1. The van der Waals surface area contributed by atoms with Crippen LogP contribution in [0.15, 0.2) is 18.2 Å². The molecule has 1 unspecified atom stereocenters. The molecule has 0 aromatic heterocycles. The Morgan fingerprint density at radius 2 is 2.17 bits per heavy atom. The van der Waals surface area contributed by atoms with Crippen LogP contribution in [0.4, 0.5) is 19.3 Å². The number of nitrogens with zero attached hydrogens (tertiary/aromatic N) is 2. The summed E-state index contributed by atoms with van der Waals surface area (Å²) in [6.07, 6.45) is 0.679. The third-order valence-corrected chi connectivity index (χ3v) is 3.74. The molecule has 0 aliphatic carbocycles. The number of hydrogen-bond acceptors (Lipinski definition) is 3. The summed E-state index contributed by atoms with van der Waals surface area (Å²) in [5, 5.41) is 12.6. The summed E-state index contributed by atoms with van der Waals surface area (Å²) in [4.78, 5) is 15.3. The number of amides is 2. The molecular formula is C16H23F2N3O2. The van der Waals surface area contributed by atoms with Gasteiger partial charge in [-0.25, -0.2) is 13.6 Å². The number of halogens is 2. The van der Waals surface area contributed by atoms with E-state index in [2.05, 4.69) is 5.32 Å². The second-order valence-corrected chi connectivity index (χ2v) is 6.65. The Hall–Kier alpha value is -1.89. The first kappa shape index (κ1) is 17.5.